The van der Waals surface area contributed by atoms with Crippen molar-refractivity contribution in [1.82, 2.24) is 4.90 Å². The molecule has 1 heterocycles. The molecule has 1 saturated carbocycles. The molecule has 0 spiro atoms. The van der Waals surface area contributed by atoms with Crippen LogP contribution in [0.2, 0.25) is 0 Å². The third-order valence-electron chi connectivity index (χ3n) is 3.75. The van der Waals surface area contributed by atoms with Crippen molar-refractivity contribution in [3.05, 3.63) is 0 Å². The Kier molecular flexibility index (Phi) is 2.56. The van der Waals surface area contributed by atoms with E-state index in [1.165, 1.54) is 0 Å². The number of rotatable bonds is 3. The number of aliphatic hydroxyl groups excluding tert-OH is 1. The maximum absolute atomic E-state index is 13.5. The number of aliphatic hydroxyl groups is 1. The van der Waals surface area contributed by atoms with E-state index in [0.717, 1.165) is 32.5 Å². The van der Waals surface area contributed by atoms with Crippen LogP contribution in [0.25, 0.3) is 0 Å². The van der Waals surface area contributed by atoms with E-state index < -0.39 is 5.67 Å². The van der Waals surface area contributed by atoms with Crippen LogP contribution in [0.1, 0.15) is 32.6 Å². The Morgan fingerprint density at radius 2 is 1.79 bits per heavy atom. The van der Waals surface area contributed by atoms with Gasteiger partial charge in [0.15, 0.2) is 0 Å². The highest BCUT2D eigenvalue weighted by Gasteiger charge is 2.44. The number of alkyl halides is 1. The van der Waals surface area contributed by atoms with Crippen molar-refractivity contribution in [2.45, 2.75) is 38.3 Å². The van der Waals surface area contributed by atoms with E-state index in [2.05, 4.69) is 4.90 Å². The van der Waals surface area contributed by atoms with Crippen molar-refractivity contribution in [3.63, 3.8) is 0 Å². The maximum Gasteiger partial charge on any atom is 0.110 e. The molecule has 82 valence electrons. The first-order valence-corrected chi connectivity index (χ1v) is 5.58. The number of halogens is 1. The molecule has 2 nitrogen and oxygen atoms in total. The van der Waals surface area contributed by atoms with Gasteiger partial charge in [-0.15, -0.1) is 0 Å². The van der Waals surface area contributed by atoms with Gasteiger partial charge in [-0.05, 0) is 32.6 Å². The zero-order valence-electron chi connectivity index (χ0n) is 8.93. The number of piperidine rings is 1. The summed E-state index contributed by atoms with van der Waals surface area (Å²) in [6.07, 6.45) is 3.59. The van der Waals surface area contributed by atoms with Crippen molar-refractivity contribution >= 4 is 0 Å². The molecule has 0 bridgehead atoms. The predicted octanol–water partition coefficient (Wildman–Crippen LogP) is 1.58. The summed E-state index contributed by atoms with van der Waals surface area (Å²) in [4.78, 5) is 2.31. The Balaban J connectivity index is 1.79. The molecule has 2 fully saturated rings. The van der Waals surface area contributed by atoms with Gasteiger partial charge in [0, 0.05) is 31.7 Å². The van der Waals surface area contributed by atoms with Gasteiger partial charge in [-0.1, -0.05) is 0 Å². The van der Waals surface area contributed by atoms with Gasteiger partial charge in [-0.25, -0.2) is 4.39 Å². The zero-order valence-corrected chi connectivity index (χ0v) is 8.93. The first kappa shape index (κ1) is 10.4. The van der Waals surface area contributed by atoms with Crippen LogP contribution in [0.5, 0.6) is 0 Å². The number of likely N-dealkylation sites (tertiary alicyclic amines) is 1. The zero-order chi connectivity index (χ0) is 10.2. The molecule has 1 saturated heterocycles. The van der Waals surface area contributed by atoms with Gasteiger partial charge >= 0.3 is 0 Å². The fourth-order valence-corrected chi connectivity index (χ4v) is 2.19. The van der Waals surface area contributed by atoms with Crippen molar-refractivity contribution in [1.29, 1.82) is 0 Å². The summed E-state index contributed by atoms with van der Waals surface area (Å²) in [5.74, 6) is 0. The Morgan fingerprint density at radius 3 is 2.21 bits per heavy atom. The molecule has 0 radical (unpaired) electrons. The molecule has 0 unspecified atom stereocenters. The summed E-state index contributed by atoms with van der Waals surface area (Å²) >= 11 is 0. The van der Waals surface area contributed by atoms with Crippen LogP contribution in [0.15, 0.2) is 0 Å². The largest absolute Gasteiger partial charge is 0.396 e. The molecule has 1 N–H and O–H groups in total. The molecular formula is C11H20FNO. The van der Waals surface area contributed by atoms with Crippen LogP contribution in [0, 0.1) is 5.41 Å². The second-order valence-electron chi connectivity index (χ2n) is 5.35. The van der Waals surface area contributed by atoms with Gasteiger partial charge in [-0.2, -0.15) is 0 Å². The highest BCUT2D eigenvalue weighted by molar-refractivity contribution is 4.96. The third-order valence-corrected chi connectivity index (χ3v) is 3.75. The molecule has 1 aliphatic heterocycles. The van der Waals surface area contributed by atoms with Crippen LogP contribution >= 0.6 is 0 Å². The lowest BCUT2D eigenvalue weighted by Gasteiger charge is -2.35. The average Bonchev–Trinajstić information content (AvgIpc) is 2.90. The monoisotopic (exact) mass is 201 g/mol. The van der Waals surface area contributed by atoms with E-state index in [9.17, 15) is 9.50 Å². The minimum atomic E-state index is -0.952. The Hall–Kier alpha value is -0.150. The van der Waals surface area contributed by atoms with E-state index in [1.54, 1.807) is 6.92 Å². The highest BCUT2D eigenvalue weighted by atomic mass is 19.1. The molecule has 0 amide bonds. The lowest BCUT2D eigenvalue weighted by atomic mass is 9.94. The summed E-state index contributed by atoms with van der Waals surface area (Å²) in [6, 6.07) is 0. The first-order chi connectivity index (χ1) is 6.55. The van der Waals surface area contributed by atoms with Gasteiger partial charge in [0.2, 0.25) is 0 Å². The second kappa shape index (κ2) is 3.46. The van der Waals surface area contributed by atoms with Crippen LogP contribution in [-0.4, -0.2) is 41.9 Å². The van der Waals surface area contributed by atoms with Gasteiger partial charge in [0.05, 0.1) is 0 Å². The summed E-state index contributed by atoms with van der Waals surface area (Å²) < 4.78 is 13.5. The fraction of sp³-hybridized carbons (Fsp3) is 1.00. The molecule has 1 aliphatic carbocycles. The molecule has 2 rings (SSSR count). The Bertz CT molecular complexity index is 203. The normalized spacial score (nSPS) is 30.2. The fourth-order valence-electron chi connectivity index (χ4n) is 2.19. The summed E-state index contributed by atoms with van der Waals surface area (Å²) in [5.41, 5.74) is -0.767. The first-order valence-electron chi connectivity index (χ1n) is 5.58. The molecule has 2 aliphatic rings. The topological polar surface area (TPSA) is 23.5 Å². The standard InChI is InChI=1S/C11H20FNO/c1-10(12)4-6-13(7-5-10)8-11(9-14)2-3-11/h14H,2-9H2,1H3. The quantitative estimate of drug-likeness (QED) is 0.749. The Morgan fingerprint density at radius 1 is 1.21 bits per heavy atom. The average molecular weight is 201 g/mol. The lowest BCUT2D eigenvalue weighted by molar-refractivity contribution is 0.0543. The van der Waals surface area contributed by atoms with Crippen LogP contribution < -0.4 is 0 Å². The van der Waals surface area contributed by atoms with E-state index in [1.807, 2.05) is 0 Å². The molecular weight excluding hydrogens is 181 g/mol. The number of nitrogens with zero attached hydrogens (tertiary/aromatic N) is 1. The third kappa shape index (κ3) is 2.26. The van der Waals surface area contributed by atoms with E-state index >= 15 is 0 Å². The molecule has 0 aromatic carbocycles. The molecule has 14 heavy (non-hydrogen) atoms. The van der Waals surface area contributed by atoms with Gasteiger partial charge < -0.3 is 10.0 Å². The van der Waals surface area contributed by atoms with Crippen LogP contribution in [0.3, 0.4) is 0 Å². The van der Waals surface area contributed by atoms with Gasteiger partial charge in [0.1, 0.15) is 5.67 Å². The smallest absolute Gasteiger partial charge is 0.110 e. The van der Waals surface area contributed by atoms with E-state index in [0.29, 0.717) is 19.4 Å². The molecule has 0 atom stereocenters. The van der Waals surface area contributed by atoms with Gasteiger partial charge in [-0.3, -0.25) is 0 Å². The highest BCUT2D eigenvalue weighted by Crippen LogP contribution is 2.46. The van der Waals surface area contributed by atoms with E-state index in [4.69, 9.17) is 0 Å². The molecule has 0 aromatic rings. The Labute approximate surface area is 85.1 Å². The summed E-state index contributed by atoms with van der Waals surface area (Å²) in [5, 5.41) is 9.19. The summed E-state index contributed by atoms with van der Waals surface area (Å²) in [6.45, 7) is 4.68. The van der Waals surface area contributed by atoms with Crippen LogP contribution in [0.4, 0.5) is 4.39 Å². The summed E-state index contributed by atoms with van der Waals surface area (Å²) in [7, 11) is 0. The SMILES string of the molecule is CC1(F)CCN(CC2(CO)CC2)CC1. The minimum Gasteiger partial charge on any atom is -0.396 e. The number of hydrogen-bond acceptors (Lipinski definition) is 2. The van der Waals surface area contributed by atoms with Crippen LogP contribution in [-0.2, 0) is 0 Å². The van der Waals surface area contributed by atoms with Crippen molar-refractivity contribution in [3.8, 4) is 0 Å². The van der Waals surface area contributed by atoms with E-state index in [-0.39, 0.29) is 5.41 Å². The number of hydrogen-bond donors (Lipinski definition) is 1. The second-order valence-corrected chi connectivity index (χ2v) is 5.35. The molecule has 0 aromatic heterocycles. The van der Waals surface area contributed by atoms with Crippen molar-refractivity contribution < 1.29 is 9.50 Å². The predicted molar refractivity (Wildman–Crippen MR) is 53.9 cm³/mol. The maximum atomic E-state index is 13.5. The van der Waals surface area contributed by atoms with Gasteiger partial charge in [0.25, 0.3) is 0 Å². The van der Waals surface area contributed by atoms with Crippen molar-refractivity contribution in [2.24, 2.45) is 5.41 Å². The van der Waals surface area contributed by atoms with Crippen molar-refractivity contribution in [2.75, 3.05) is 26.2 Å². The lowest BCUT2D eigenvalue weighted by Crippen LogP contribution is -2.43. The molecule has 3 heteroatoms. The minimum absolute atomic E-state index is 0.185.